The summed E-state index contributed by atoms with van der Waals surface area (Å²) in [5, 5.41) is 0. The summed E-state index contributed by atoms with van der Waals surface area (Å²) in [7, 11) is 0. The van der Waals surface area contributed by atoms with E-state index in [-0.39, 0.29) is 0 Å². The van der Waals surface area contributed by atoms with Crippen LogP contribution in [0.15, 0.2) is 22.8 Å². The first-order valence-corrected chi connectivity index (χ1v) is 5.52. The largest absolute Gasteiger partial charge is 0.478 e. The van der Waals surface area contributed by atoms with E-state index in [0.29, 0.717) is 17.9 Å². The van der Waals surface area contributed by atoms with Gasteiger partial charge in [0.2, 0.25) is 5.88 Å². The Morgan fingerprint density at radius 3 is 2.64 bits per heavy atom. The van der Waals surface area contributed by atoms with E-state index >= 15 is 0 Å². The topological polar surface area (TPSA) is 22.1 Å². The van der Waals surface area contributed by atoms with Crippen LogP contribution in [0, 0.1) is 5.41 Å². The van der Waals surface area contributed by atoms with Gasteiger partial charge in [0.25, 0.3) is 0 Å². The number of hydrogen-bond donors (Lipinski definition) is 0. The van der Waals surface area contributed by atoms with Crippen molar-refractivity contribution < 1.29 is 4.74 Å². The van der Waals surface area contributed by atoms with Gasteiger partial charge in [-0.05, 0) is 33.8 Å². The molecule has 0 aliphatic carbocycles. The molecule has 0 saturated heterocycles. The number of hydrogen-bond acceptors (Lipinski definition) is 2. The van der Waals surface area contributed by atoms with Gasteiger partial charge in [-0.2, -0.15) is 0 Å². The van der Waals surface area contributed by atoms with Crippen molar-refractivity contribution in [2.45, 2.75) is 27.2 Å². The molecule has 1 aromatic heterocycles. The second kappa shape index (κ2) is 4.78. The maximum absolute atomic E-state index is 5.52. The number of rotatable bonds is 3. The summed E-state index contributed by atoms with van der Waals surface area (Å²) in [6.45, 7) is 7.31. The van der Waals surface area contributed by atoms with Gasteiger partial charge >= 0.3 is 0 Å². The van der Waals surface area contributed by atoms with Crippen LogP contribution in [0.1, 0.15) is 27.2 Å². The van der Waals surface area contributed by atoms with E-state index in [1.54, 1.807) is 0 Å². The van der Waals surface area contributed by atoms with Gasteiger partial charge in [0.15, 0.2) is 0 Å². The molecule has 1 aromatic rings. The van der Waals surface area contributed by atoms with Gasteiger partial charge in [-0.1, -0.05) is 26.8 Å². The first-order valence-electron chi connectivity index (χ1n) is 4.73. The third kappa shape index (κ3) is 4.61. The lowest BCUT2D eigenvalue weighted by atomic mass is 9.93. The Morgan fingerprint density at radius 1 is 1.36 bits per heavy atom. The first kappa shape index (κ1) is 11.5. The van der Waals surface area contributed by atoms with Crippen LogP contribution < -0.4 is 4.74 Å². The minimum Gasteiger partial charge on any atom is -0.478 e. The minimum absolute atomic E-state index is 0.312. The Hall–Kier alpha value is -0.570. The SMILES string of the molecule is CC(C)(C)CCOc1cccc(Br)n1. The molecular formula is C11H16BrNO. The molecule has 3 heteroatoms. The lowest BCUT2D eigenvalue weighted by Gasteiger charge is -2.17. The summed E-state index contributed by atoms with van der Waals surface area (Å²) in [5.74, 6) is 0.684. The molecule has 0 N–H and O–H groups in total. The maximum Gasteiger partial charge on any atom is 0.214 e. The molecule has 1 heterocycles. The summed E-state index contributed by atoms with van der Waals surface area (Å²) in [6.07, 6.45) is 1.03. The number of aromatic nitrogens is 1. The van der Waals surface area contributed by atoms with Gasteiger partial charge in [0.1, 0.15) is 4.60 Å². The molecule has 0 spiro atoms. The molecule has 78 valence electrons. The average molecular weight is 258 g/mol. The quantitative estimate of drug-likeness (QED) is 0.772. The van der Waals surface area contributed by atoms with Gasteiger partial charge in [-0.15, -0.1) is 0 Å². The Labute approximate surface area is 93.8 Å². The molecule has 1 rings (SSSR count). The number of ether oxygens (including phenoxy) is 1. The van der Waals surface area contributed by atoms with E-state index in [9.17, 15) is 0 Å². The minimum atomic E-state index is 0.312. The molecule has 0 aliphatic heterocycles. The van der Waals surface area contributed by atoms with Gasteiger partial charge in [0, 0.05) is 6.07 Å². The predicted molar refractivity (Wildman–Crippen MR) is 61.5 cm³/mol. The van der Waals surface area contributed by atoms with E-state index in [0.717, 1.165) is 11.0 Å². The van der Waals surface area contributed by atoms with E-state index in [1.807, 2.05) is 18.2 Å². The van der Waals surface area contributed by atoms with E-state index in [1.165, 1.54) is 0 Å². The monoisotopic (exact) mass is 257 g/mol. The van der Waals surface area contributed by atoms with Crippen molar-refractivity contribution in [3.05, 3.63) is 22.8 Å². The molecular weight excluding hydrogens is 242 g/mol. The number of halogens is 1. The molecule has 0 unspecified atom stereocenters. The van der Waals surface area contributed by atoms with E-state index in [2.05, 4.69) is 41.7 Å². The fraction of sp³-hybridized carbons (Fsp3) is 0.545. The lowest BCUT2D eigenvalue weighted by Crippen LogP contribution is -2.11. The highest BCUT2D eigenvalue weighted by molar-refractivity contribution is 9.10. The zero-order valence-corrected chi connectivity index (χ0v) is 10.5. The molecule has 0 bridgehead atoms. The Balaban J connectivity index is 2.39. The second-order valence-electron chi connectivity index (χ2n) is 4.46. The van der Waals surface area contributed by atoms with Crippen molar-refractivity contribution in [1.82, 2.24) is 4.98 Å². The van der Waals surface area contributed by atoms with Crippen LogP contribution in [0.5, 0.6) is 5.88 Å². The van der Waals surface area contributed by atoms with E-state index in [4.69, 9.17) is 4.74 Å². The molecule has 0 radical (unpaired) electrons. The van der Waals surface area contributed by atoms with Gasteiger partial charge in [0.05, 0.1) is 6.61 Å². The number of nitrogens with zero attached hydrogens (tertiary/aromatic N) is 1. The molecule has 0 saturated carbocycles. The molecule has 0 aliphatic rings. The lowest BCUT2D eigenvalue weighted by molar-refractivity contribution is 0.236. The van der Waals surface area contributed by atoms with Crippen LogP contribution in [0.4, 0.5) is 0 Å². The normalized spacial score (nSPS) is 11.4. The molecule has 14 heavy (non-hydrogen) atoms. The van der Waals surface area contributed by atoms with Crippen LogP contribution in [0.3, 0.4) is 0 Å². The molecule has 0 atom stereocenters. The summed E-state index contributed by atoms with van der Waals surface area (Å²) in [6, 6.07) is 5.67. The predicted octanol–water partition coefficient (Wildman–Crippen LogP) is 3.66. The van der Waals surface area contributed by atoms with Gasteiger partial charge < -0.3 is 4.74 Å². The summed E-state index contributed by atoms with van der Waals surface area (Å²) in [5.41, 5.74) is 0.312. The molecule has 0 aromatic carbocycles. The third-order valence-corrected chi connectivity index (χ3v) is 2.23. The van der Waals surface area contributed by atoms with Crippen LogP contribution in [0.2, 0.25) is 0 Å². The Morgan fingerprint density at radius 2 is 2.07 bits per heavy atom. The fourth-order valence-electron chi connectivity index (χ4n) is 0.932. The van der Waals surface area contributed by atoms with Crippen molar-refractivity contribution in [3.63, 3.8) is 0 Å². The standard InChI is InChI=1S/C11H16BrNO/c1-11(2,3)7-8-14-10-6-4-5-9(12)13-10/h4-6H,7-8H2,1-3H3. The summed E-state index contributed by atoms with van der Waals surface area (Å²) < 4.78 is 6.33. The zero-order valence-electron chi connectivity index (χ0n) is 8.88. The maximum atomic E-state index is 5.52. The highest BCUT2D eigenvalue weighted by Gasteiger charge is 2.09. The molecule has 0 fully saturated rings. The number of pyridine rings is 1. The fourth-order valence-corrected chi connectivity index (χ4v) is 1.26. The average Bonchev–Trinajstić information content (AvgIpc) is 2.01. The van der Waals surface area contributed by atoms with E-state index < -0.39 is 0 Å². The van der Waals surface area contributed by atoms with Crippen molar-refractivity contribution in [2.75, 3.05) is 6.61 Å². The highest BCUT2D eigenvalue weighted by atomic mass is 79.9. The second-order valence-corrected chi connectivity index (χ2v) is 5.27. The third-order valence-electron chi connectivity index (χ3n) is 1.79. The van der Waals surface area contributed by atoms with Crippen molar-refractivity contribution in [2.24, 2.45) is 5.41 Å². The zero-order chi connectivity index (χ0) is 10.6. The van der Waals surface area contributed by atoms with Crippen molar-refractivity contribution >= 4 is 15.9 Å². The van der Waals surface area contributed by atoms with Crippen LogP contribution >= 0.6 is 15.9 Å². The molecule has 0 amide bonds. The van der Waals surface area contributed by atoms with Gasteiger partial charge in [-0.25, -0.2) is 4.98 Å². The summed E-state index contributed by atoms with van der Waals surface area (Å²) >= 11 is 3.30. The van der Waals surface area contributed by atoms with Crippen LogP contribution in [-0.2, 0) is 0 Å². The summed E-state index contributed by atoms with van der Waals surface area (Å²) in [4.78, 5) is 4.19. The van der Waals surface area contributed by atoms with Gasteiger partial charge in [-0.3, -0.25) is 0 Å². The Kier molecular flexibility index (Phi) is 3.93. The van der Waals surface area contributed by atoms with Crippen LogP contribution in [-0.4, -0.2) is 11.6 Å². The highest BCUT2D eigenvalue weighted by Crippen LogP contribution is 2.19. The molecule has 2 nitrogen and oxygen atoms in total. The Bertz CT molecular complexity index is 294. The van der Waals surface area contributed by atoms with Crippen LogP contribution in [0.25, 0.3) is 0 Å². The smallest absolute Gasteiger partial charge is 0.214 e. The first-order chi connectivity index (χ1) is 6.47. The van der Waals surface area contributed by atoms with Crippen molar-refractivity contribution in [1.29, 1.82) is 0 Å². The van der Waals surface area contributed by atoms with Crippen molar-refractivity contribution in [3.8, 4) is 5.88 Å².